The van der Waals surface area contributed by atoms with Crippen LogP contribution in [0.1, 0.15) is 36.2 Å². The first kappa shape index (κ1) is 17.5. The van der Waals surface area contributed by atoms with Crippen LogP contribution in [0, 0.1) is 0 Å². The van der Waals surface area contributed by atoms with Gasteiger partial charge in [-0.2, -0.15) is 0 Å². The number of rotatable bonds is 6. The summed E-state index contributed by atoms with van der Waals surface area (Å²) in [6, 6.07) is 10.5. The van der Waals surface area contributed by atoms with Crippen LogP contribution in [0.15, 0.2) is 51.1 Å². The molecule has 0 N–H and O–H groups in total. The van der Waals surface area contributed by atoms with Gasteiger partial charge in [0.1, 0.15) is 0 Å². The molecule has 0 fully saturated rings. The first-order valence-corrected chi connectivity index (χ1v) is 9.85. The maximum Gasteiger partial charge on any atom is 0.340 e. The molecule has 3 aromatic rings. The molecule has 2 unspecified atom stereocenters. The van der Waals surface area contributed by atoms with Gasteiger partial charge in [-0.1, -0.05) is 25.1 Å². The molecule has 2 atom stereocenters. The number of carbonyl (C=O) groups excluding carboxylic acids is 1. The van der Waals surface area contributed by atoms with Crippen molar-refractivity contribution in [1.82, 2.24) is 10.2 Å². The van der Waals surface area contributed by atoms with Gasteiger partial charge in [0.05, 0.1) is 26.1 Å². The van der Waals surface area contributed by atoms with Crippen molar-refractivity contribution in [2.75, 3.05) is 5.75 Å². The summed E-state index contributed by atoms with van der Waals surface area (Å²) in [5.74, 6) is 0.459. The molecule has 8 heteroatoms. The summed E-state index contributed by atoms with van der Waals surface area (Å²) in [6.45, 7) is 3.45. The monoisotopic (exact) mass is 376 g/mol. The zero-order valence-electron chi connectivity index (χ0n) is 13.7. The summed E-state index contributed by atoms with van der Waals surface area (Å²) in [6.07, 6.45) is -0.711. The van der Waals surface area contributed by atoms with Gasteiger partial charge in [-0.15, -0.1) is 21.5 Å². The van der Waals surface area contributed by atoms with E-state index < -0.39 is 22.9 Å². The Hall–Kier alpha value is -2.32. The highest BCUT2D eigenvalue weighted by molar-refractivity contribution is 7.85. The lowest BCUT2D eigenvalue weighted by molar-refractivity contribution is 0.0275. The number of ether oxygens (including phenoxy) is 1. The van der Waals surface area contributed by atoms with E-state index in [0.717, 1.165) is 4.88 Å². The quantitative estimate of drug-likeness (QED) is 0.608. The number of hydrogen-bond donors (Lipinski definition) is 0. The second-order valence-corrected chi connectivity index (χ2v) is 7.76. The van der Waals surface area contributed by atoms with Crippen LogP contribution in [0.25, 0.3) is 10.8 Å². The molecule has 1 aromatic carbocycles. The predicted molar refractivity (Wildman–Crippen MR) is 94.8 cm³/mol. The van der Waals surface area contributed by atoms with Crippen molar-refractivity contribution in [3.05, 3.63) is 53.2 Å². The van der Waals surface area contributed by atoms with Gasteiger partial charge in [-0.3, -0.25) is 4.21 Å². The Balaban J connectivity index is 1.76. The molecule has 6 nitrogen and oxygen atoms in total. The lowest BCUT2D eigenvalue weighted by Crippen LogP contribution is -2.12. The number of carbonyl (C=O) groups is 1. The molecule has 0 saturated heterocycles. The van der Waals surface area contributed by atoms with E-state index in [9.17, 15) is 9.00 Å². The topological polar surface area (TPSA) is 82.3 Å². The van der Waals surface area contributed by atoms with Crippen molar-refractivity contribution in [2.24, 2.45) is 0 Å². The van der Waals surface area contributed by atoms with E-state index in [0.29, 0.717) is 16.5 Å². The van der Waals surface area contributed by atoms with Crippen LogP contribution in [0.2, 0.25) is 0 Å². The molecular formula is C17H16N2O4S2. The highest BCUT2D eigenvalue weighted by atomic mass is 32.2. The summed E-state index contributed by atoms with van der Waals surface area (Å²) < 4.78 is 23.1. The Kier molecular flexibility index (Phi) is 5.40. The minimum absolute atomic E-state index is 0.214. The van der Waals surface area contributed by atoms with E-state index in [1.807, 2.05) is 17.5 Å². The number of esters is 1. The van der Waals surface area contributed by atoms with E-state index in [4.69, 9.17) is 9.15 Å². The van der Waals surface area contributed by atoms with Crippen molar-refractivity contribution in [3.8, 4) is 10.8 Å². The molecule has 0 spiro atoms. The van der Waals surface area contributed by atoms with Gasteiger partial charge < -0.3 is 9.15 Å². The lowest BCUT2D eigenvalue weighted by Gasteiger charge is -2.11. The minimum Gasteiger partial charge on any atom is -0.449 e. The van der Waals surface area contributed by atoms with Gasteiger partial charge >= 0.3 is 5.97 Å². The zero-order valence-corrected chi connectivity index (χ0v) is 15.3. The molecule has 0 aliphatic heterocycles. The molecule has 0 saturated carbocycles. The third-order valence-corrected chi connectivity index (χ3v) is 5.65. The minimum atomic E-state index is -1.25. The Morgan fingerprint density at radius 3 is 2.80 bits per heavy atom. The maximum absolute atomic E-state index is 12.5. The average molecular weight is 376 g/mol. The number of thiophene rings is 1. The first-order valence-electron chi connectivity index (χ1n) is 7.65. The van der Waals surface area contributed by atoms with Crippen molar-refractivity contribution < 1.29 is 18.2 Å². The second kappa shape index (κ2) is 7.71. The van der Waals surface area contributed by atoms with Gasteiger partial charge in [0.15, 0.2) is 6.10 Å². The fourth-order valence-corrected chi connectivity index (χ4v) is 3.74. The van der Waals surface area contributed by atoms with Crippen molar-refractivity contribution in [2.45, 2.75) is 24.8 Å². The molecular weight excluding hydrogens is 360 g/mol. The lowest BCUT2D eigenvalue weighted by atomic mass is 10.2. The van der Waals surface area contributed by atoms with Crippen LogP contribution >= 0.6 is 11.3 Å². The van der Waals surface area contributed by atoms with Crippen molar-refractivity contribution in [3.63, 3.8) is 0 Å². The summed E-state index contributed by atoms with van der Waals surface area (Å²) in [5.41, 5.74) is 0.285. The van der Waals surface area contributed by atoms with E-state index in [2.05, 4.69) is 10.2 Å². The SMILES string of the molecule is CCS(=O)c1ccccc1C(=O)OC(C)c1nnc(-c2cccs2)o1. The van der Waals surface area contributed by atoms with Crippen LogP contribution in [0.5, 0.6) is 0 Å². The van der Waals surface area contributed by atoms with E-state index in [-0.39, 0.29) is 11.5 Å². The molecule has 0 aliphatic rings. The average Bonchev–Trinajstić information content (AvgIpc) is 3.32. The van der Waals surface area contributed by atoms with Gasteiger partial charge in [0.25, 0.3) is 11.8 Å². The number of nitrogens with zero attached hydrogens (tertiary/aromatic N) is 2. The largest absolute Gasteiger partial charge is 0.449 e. The molecule has 2 heterocycles. The number of benzene rings is 1. The van der Waals surface area contributed by atoms with Gasteiger partial charge in [0.2, 0.25) is 0 Å². The van der Waals surface area contributed by atoms with Crippen LogP contribution < -0.4 is 0 Å². The van der Waals surface area contributed by atoms with Gasteiger partial charge in [-0.05, 0) is 30.5 Å². The fourth-order valence-electron chi connectivity index (χ4n) is 2.16. The summed E-state index contributed by atoms with van der Waals surface area (Å²) in [7, 11) is -1.25. The second-order valence-electron chi connectivity index (χ2n) is 5.10. The van der Waals surface area contributed by atoms with E-state index in [1.54, 1.807) is 38.1 Å². The van der Waals surface area contributed by atoms with Crippen LogP contribution in [-0.2, 0) is 15.5 Å². The van der Waals surface area contributed by atoms with Crippen LogP contribution in [0.4, 0.5) is 0 Å². The van der Waals surface area contributed by atoms with Gasteiger partial charge in [0, 0.05) is 5.75 Å². The highest BCUT2D eigenvalue weighted by Crippen LogP contribution is 2.26. The zero-order chi connectivity index (χ0) is 17.8. The molecule has 130 valence electrons. The fraction of sp³-hybridized carbons (Fsp3) is 0.235. The molecule has 0 bridgehead atoms. The Morgan fingerprint density at radius 2 is 2.08 bits per heavy atom. The Bertz CT molecular complexity index is 890. The first-order chi connectivity index (χ1) is 12.1. The van der Waals surface area contributed by atoms with E-state index >= 15 is 0 Å². The van der Waals surface area contributed by atoms with Crippen LogP contribution in [-0.4, -0.2) is 26.1 Å². The van der Waals surface area contributed by atoms with Crippen molar-refractivity contribution >= 4 is 28.1 Å². The number of aromatic nitrogens is 2. The molecule has 0 amide bonds. The smallest absolute Gasteiger partial charge is 0.340 e. The van der Waals surface area contributed by atoms with Crippen LogP contribution in [0.3, 0.4) is 0 Å². The number of hydrogen-bond acceptors (Lipinski definition) is 7. The third-order valence-electron chi connectivity index (χ3n) is 3.42. The summed E-state index contributed by atoms with van der Waals surface area (Å²) in [4.78, 5) is 13.8. The third kappa shape index (κ3) is 3.85. The molecule has 3 rings (SSSR count). The Labute approximate surface area is 151 Å². The van der Waals surface area contributed by atoms with Gasteiger partial charge in [-0.25, -0.2) is 4.79 Å². The molecule has 0 aliphatic carbocycles. The normalized spacial score (nSPS) is 13.4. The summed E-state index contributed by atoms with van der Waals surface area (Å²) >= 11 is 1.48. The molecule has 0 radical (unpaired) electrons. The standard InChI is InChI=1S/C17H16N2O4S2/c1-3-25(21)14-9-5-4-7-12(14)17(20)22-11(2)15-18-19-16(23-15)13-8-6-10-24-13/h4-11H,3H2,1-2H3. The molecule has 2 aromatic heterocycles. The maximum atomic E-state index is 12.5. The highest BCUT2D eigenvalue weighted by Gasteiger charge is 2.22. The predicted octanol–water partition coefficient (Wildman–Crippen LogP) is 3.84. The molecule has 25 heavy (non-hydrogen) atoms. The Morgan fingerprint density at radius 1 is 1.28 bits per heavy atom. The van der Waals surface area contributed by atoms with Crippen molar-refractivity contribution in [1.29, 1.82) is 0 Å². The van der Waals surface area contributed by atoms with E-state index in [1.165, 1.54) is 11.3 Å². The summed E-state index contributed by atoms with van der Waals surface area (Å²) in [5, 5.41) is 9.83.